The van der Waals surface area contributed by atoms with Crippen LogP contribution in [0.3, 0.4) is 0 Å². The molecule has 1 heterocycles. The largest absolute Gasteiger partial charge is 0.595 e. The lowest BCUT2D eigenvalue weighted by atomic mass is 10.2. The van der Waals surface area contributed by atoms with E-state index in [1.165, 1.54) is 7.11 Å². The van der Waals surface area contributed by atoms with Crippen molar-refractivity contribution in [3.05, 3.63) is 17.3 Å². The van der Waals surface area contributed by atoms with Crippen LogP contribution >= 0.6 is 11.8 Å². The molecule has 1 aliphatic heterocycles. The van der Waals surface area contributed by atoms with Crippen LogP contribution in [0.4, 0.5) is 11.4 Å². The van der Waals surface area contributed by atoms with Crippen molar-refractivity contribution < 1.29 is 15.2 Å². The number of rotatable bonds is 2. The summed E-state index contributed by atoms with van der Waals surface area (Å²) in [5, 5.41) is 22.3. The zero-order chi connectivity index (χ0) is 10.8. The number of methoxy groups -OCH3 is 1. The SMILES string of the molecule is COc1cc2c(c([NH+]([O-])O)c1)NCCS2. The second-order valence-electron chi connectivity index (χ2n) is 3.13. The minimum Gasteiger partial charge on any atom is -0.595 e. The van der Waals surface area contributed by atoms with Gasteiger partial charge in [-0.15, -0.1) is 11.8 Å². The summed E-state index contributed by atoms with van der Waals surface area (Å²) in [4.78, 5) is 0.943. The Morgan fingerprint density at radius 3 is 3.07 bits per heavy atom. The van der Waals surface area contributed by atoms with E-state index in [0.717, 1.165) is 17.2 Å². The molecule has 1 aromatic rings. The lowest BCUT2D eigenvalue weighted by Gasteiger charge is -2.23. The van der Waals surface area contributed by atoms with Gasteiger partial charge in [0.05, 0.1) is 7.11 Å². The van der Waals surface area contributed by atoms with Crippen LogP contribution in [0.25, 0.3) is 0 Å². The van der Waals surface area contributed by atoms with Gasteiger partial charge in [0, 0.05) is 23.3 Å². The summed E-state index contributed by atoms with van der Waals surface area (Å²) in [5.41, 5.74) is 0.983. The van der Waals surface area contributed by atoms with E-state index in [2.05, 4.69) is 5.32 Å². The third-order valence-corrected chi connectivity index (χ3v) is 3.24. The Morgan fingerprint density at radius 2 is 2.40 bits per heavy atom. The predicted octanol–water partition coefficient (Wildman–Crippen LogP) is 0.616. The van der Waals surface area contributed by atoms with Gasteiger partial charge in [-0.25, -0.2) is 5.21 Å². The van der Waals surface area contributed by atoms with Crippen LogP contribution in [0, 0.1) is 5.21 Å². The molecule has 1 unspecified atom stereocenters. The minimum atomic E-state index is -0.930. The molecule has 0 bridgehead atoms. The molecule has 0 aromatic heterocycles. The Morgan fingerprint density at radius 1 is 1.60 bits per heavy atom. The number of nitrogens with one attached hydrogen (secondary N) is 2. The molecule has 2 rings (SSSR count). The molecule has 0 spiro atoms. The zero-order valence-corrected chi connectivity index (χ0v) is 9.06. The van der Waals surface area contributed by atoms with Gasteiger partial charge in [0.25, 0.3) is 0 Å². The molecule has 5 nitrogen and oxygen atoms in total. The quantitative estimate of drug-likeness (QED) is 0.647. The summed E-state index contributed by atoms with van der Waals surface area (Å²) in [5.74, 6) is 1.53. The first-order chi connectivity index (χ1) is 7.22. The minimum absolute atomic E-state index is 0.275. The predicted molar refractivity (Wildman–Crippen MR) is 58.0 cm³/mol. The molecule has 82 valence electrons. The Labute approximate surface area is 91.6 Å². The second-order valence-corrected chi connectivity index (χ2v) is 4.27. The Kier molecular flexibility index (Phi) is 3.01. The van der Waals surface area contributed by atoms with Crippen LogP contribution in [0.1, 0.15) is 0 Å². The molecule has 0 aliphatic carbocycles. The Balaban J connectivity index is 2.50. The molecule has 0 saturated carbocycles. The molecule has 0 fully saturated rings. The van der Waals surface area contributed by atoms with Crippen molar-refractivity contribution in [2.45, 2.75) is 4.90 Å². The van der Waals surface area contributed by atoms with Gasteiger partial charge in [-0.2, -0.15) is 5.23 Å². The van der Waals surface area contributed by atoms with E-state index in [1.54, 1.807) is 17.8 Å². The van der Waals surface area contributed by atoms with Gasteiger partial charge in [-0.3, -0.25) is 0 Å². The average Bonchev–Trinajstić information content (AvgIpc) is 2.27. The molecule has 6 heteroatoms. The van der Waals surface area contributed by atoms with Crippen molar-refractivity contribution in [3.63, 3.8) is 0 Å². The number of hydrogen-bond acceptors (Lipinski definition) is 5. The first kappa shape index (κ1) is 10.6. The van der Waals surface area contributed by atoms with Gasteiger partial charge < -0.3 is 15.3 Å². The normalized spacial score (nSPS) is 16.5. The number of benzene rings is 1. The van der Waals surface area contributed by atoms with Gasteiger partial charge in [0.1, 0.15) is 11.4 Å². The number of ether oxygens (including phenoxy) is 1. The summed E-state index contributed by atoms with van der Waals surface area (Å²) in [6, 6.07) is 3.40. The smallest absolute Gasteiger partial charge is 0.192 e. The van der Waals surface area contributed by atoms with E-state index in [-0.39, 0.29) is 5.69 Å². The van der Waals surface area contributed by atoms with Crippen LogP contribution in [0.5, 0.6) is 5.75 Å². The van der Waals surface area contributed by atoms with Crippen LogP contribution < -0.4 is 15.3 Å². The van der Waals surface area contributed by atoms with Crippen molar-refractivity contribution in [3.8, 4) is 5.75 Å². The van der Waals surface area contributed by atoms with Crippen molar-refractivity contribution in [1.29, 1.82) is 0 Å². The highest BCUT2D eigenvalue weighted by Crippen LogP contribution is 2.38. The van der Waals surface area contributed by atoms with Gasteiger partial charge >= 0.3 is 0 Å². The molecule has 1 atom stereocenters. The van der Waals surface area contributed by atoms with Gasteiger partial charge in [0.2, 0.25) is 0 Å². The van der Waals surface area contributed by atoms with Gasteiger partial charge in [-0.1, -0.05) is 0 Å². The highest BCUT2D eigenvalue weighted by Gasteiger charge is 2.19. The Hall–Kier alpha value is -0.950. The summed E-state index contributed by atoms with van der Waals surface area (Å²) in [6.07, 6.45) is 0. The molecule has 3 N–H and O–H groups in total. The second kappa shape index (κ2) is 4.28. The molecule has 0 radical (unpaired) electrons. The standard InChI is InChI=1S/C9H12N2O3S/c1-14-6-4-7(11(12)13)9-8(5-6)15-3-2-10-9/h4-5,10-12H,2-3H2,1H3. The van der Waals surface area contributed by atoms with Crippen molar-refractivity contribution in [2.75, 3.05) is 24.7 Å². The van der Waals surface area contributed by atoms with Gasteiger partial charge in [-0.05, 0) is 6.07 Å². The van der Waals surface area contributed by atoms with E-state index >= 15 is 0 Å². The number of quaternary nitrogens is 1. The van der Waals surface area contributed by atoms with Crippen molar-refractivity contribution >= 4 is 23.1 Å². The van der Waals surface area contributed by atoms with Crippen molar-refractivity contribution in [1.82, 2.24) is 0 Å². The average molecular weight is 228 g/mol. The van der Waals surface area contributed by atoms with Gasteiger partial charge in [0.15, 0.2) is 5.69 Å². The molecule has 1 aliphatic rings. The fraction of sp³-hybridized carbons (Fsp3) is 0.333. The molecular formula is C9H12N2O3S. The number of hydrogen-bond donors (Lipinski definition) is 3. The van der Waals surface area contributed by atoms with E-state index in [4.69, 9.17) is 9.94 Å². The maximum Gasteiger partial charge on any atom is 0.192 e. The van der Waals surface area contributed by atoms with E-state index in [0.29, 0.717) is 11.4 Å². The number of thioether (sulfide) groups is 1. The lowest BCUT2D eigenvalue weighted by Crippen LogP contribution is -2.99. The van der Waals surface area contributed by atoms with Crippen molar-refractivity contribution in [2.24, 2.45) is 0 Å². The summed E-state index contributed by atoms with van der Waals surface area (Å²) < 4.78 is 5.07. The maximum absolute atomic E-state index is 11.0. The summed E-state index contributed by atoms with van der Waals surface area (Å²) in [6.45, 7) is 0.796. The van der Waals surface area contributed by atoms with Crippen LogP contribution in [0.15, 0.2) is 17.0 Å². The Bertz CT molecular complexity index is 371. The molecule has 0 amide bonds. The zero-order valence-electron chi connectivity index (χ0n) is 8.24. The van der Waals surface area contributed by atoms with Crippen LogP contribution in [-0.2, 0) is 0 Å². The topological polar surface area (TPSA) is 69.0 Å². The molecule has 1 aromatic carbocycles. The fourth-order valence-corrected chi connectivity index (χ4v) is 2.46. The van der Waals surface area contributed by atoms with Crippen LogP contribution in [0.2, 0.25) is 0 Å². The third-order valence-electron chi connectivity index (χ3n) is 2.20. The highest BCUT2D eigenvalue weighted by atomic mass is 32.2. The molecule has 0 saturated heterocycles. The first-order valence-electron chi connectivity index (χ1n) is 4.54. The van der Waals surface area contributed by atoms with E-state index < -0.39 is 5.23 Å². The fourth-order valence-electron chi connectivity index (χ4n) is 1.51. The maximum atomic E-state index is 11.0. The molecular weight excluding hydrogens is 216 g/mol. The van der Waals surface area contributed by atoms with Crippen LogP contribution in [-0.4, -0.2) is 24.6 Å². The first-order valence-corrected chi connectivity index (χ1v) is 5.53. The number of fused-ring (bicyclic) bond motifs is 1. The summed E-state index contributed by atoms with van der Waals surface area (Å²) in [7, 11) is 1.54. The number of anilines is 1. The highest BCUT2D eigenvalue weighted by molar-refractivity contribution is 7.99. The summed E-state index contributed by atoms with van der Waals surface area (Å²) >= 11 is 1.64. The molecule has 15 heavy (non-hydrogen) atoms. The monoisotopic (exact) mass is 228 g/mol. The lowest BCUT2D eigenvalue weighted by molar-refractivity contribution is -0.990. The van der Waals surface area contributed by atoms with E-state index in [1.807, 2.05) is 6.07 Å². The third kappa shape index (κ3) is 2.03. The van der Waals surface area contributed by atoms with E-state index in [9.17, 15) is 5.21 Å².